The van der Waals surface area contributed by atoms with Crippen LogP contribution in [0.25, 0.3) is 0 Å². The van der Waals surface area contributed by atoms with Crippen LogP contribution < -0.4 is 10.2 Å². The van der Waals surface area contributed by atoms with Gasteiger partial charge >= 0.3 is 5.97 Å². The lowest BCUT2D eigenvalue weighted by Crippen LogP contribution is -2.42. The van der Waals surface area contributed by atoms with Crippen molar-refractivity contribution in [3.05, 3.63) is 24.3 Å². The van der Waals surface area contributed by atoms with Gasteiger partial charge in [-0.1, -0.05) is 12.1 Å². The lowest BCUT2D eigenvalue weighted by molar-refractivity contribution is -0.145. The third-order valence-corrected chi connectivity index (χ3v) is 2.99. The molecule has 20 heavy (non-hydrogen) atoms. The molecule has 1 aliphatic heterocycles. The van der Waals surface area contributed by atoms with Gasteiger partial charge in [-0.05, 0) is 19.1 Å². The molecule has 1 atom stereocenters. The Labute approximate surface area is 117 Å². The van der Waals surface area contributed by atoms with Crippen molar-refractivity contribution in [2.75, 3.05) is 29.9 Å². The Kier molecular flexibility index (Phi) is 4.57. The van der Waals surface area contributed by atoms with Crippen LogP contribution in [0.4, 0.5) is 11.4 Å². The summed E-state index contributed by atoms with van der Waals surface area (Å²) < 4.78 is 4.80. The molecule has 1 amide bonds. The van der Waals surface area contributed by atoms with E-state index in [1.54, 1.807) is 17.9 Å². The van der Waals surface area contributed by atoms with Gasteiger partial charge in [-0.25, -0.2) is 0 Å². The van der Waals surface area contributed by atoms with E-state index < -0.39 is 12.1 Å². The minimum absolute atomic E-state index is 0.0753. The van der Waals surface area contributed by atoms with E-state index in [-0.39, 0.29) is 25.4 Å². The van der Waals surface area contributed by atoms with E-state index in [0.29, 0.717) is 12.3 Å². The number of nitrogens with one attached hydrogen (secondary N) is 1. The van der Waals surface area contributed by atoms with E-state index in [9.17, 15) is 14.7 Å². The number of rotatable bonds is 5. The first-order valence-corrected chi connectivity index (χ1v) is 6.57. The molecule has 1 unspecified atom stereocenters. The zero-order chi connectivity index (χ0) is 14.5. The molecule has 1 aromatic carbocycles. The standard InChI is InChI=1S/C14H18N2O4/c1-2-20-14(19)7-10(17)8-16-9-13(18)15-11-5-3-4-6-12(11)16/h3-6,10,17H,2,7-9H2,1H3,(H,15,18). The first kappa shape index (κ1) is 14.3. The number of esters is 1. The third-order valence-electron chi connectivity index (χ3n) is 2.99. The molecule has 0 saturated heterocycles. The Morgan fingerprint density at radius 3 is 3.00 bits per heavy atom. The Balaban J connectivity index is 2.02. The van der Waals surface area contributed by atoms with Crippen molar-refractivity contribution in [2.24, 2.45) is 0 Å². The topological polar surface area (TPSA) is 78.9 Å². The molecule has 0 fully saturated rings. The molecule has 0 aliphatic carbocycles. The van der Waals surface area contributed by atoms with Crippen molar-refractivity contribution < 1.29 is 19.4 Å². The number of aliphatic hydroxyl groups is 1. The van der Waals surface area contributed by atoms with E-state index in [1.807, 2.05) is 18.2 Å². The Morgan fingerprint density at radius 1 is 1.50 bits per heavy atom. The average molecular weight is 278 g/mol. The van der Waals surface area contributed by atoms with E-state index >= 15 is 0 Å². The first-order chi connectivity index (χ1) is 9.60. The van der Waals surface area contributed by atoms with Crippen molar-refractivity contribution >= 4 is 23.3 Å². The lowest BCUT2D eigenvalue weighted by Gasteiger charge is -2.32. The molecule has 6 nitrogen and oxygen atoms in total. The van der Waals surface area contributed by atoms with Gasteiger partial charge in [0.15, 0.2) is 0 Å². The number of carbonyl (C=O) groups excluding carboxylic acids is 2. The maximum Gasteiger partial charge on any atom is 0.308 e. The van der Waals surface area contributed by atoms with Crippen LogP contribution >= 0.6 is 0 Å². The van der Waals surface area contributed by atoms with E-state index in [0.717, 1.165) is 5.69 Å². The number of nitrogens with zero attached hydrogens (tertiary/aromatic N) is 1. The van der Waals surface area contributed by atoms with Crippen LogP contribution in [0.2, 0.25) is 0 Å². The van der Waals surface area contributed by atoms with Crippen molar-refractivity contribution in [1.82, 2.24) is 0 Å². The van der Waals surface area contributed by atoms with Gasteiger partial charge in [0.25, 0.3) is 0 Å². The summed E-state index contributed by atoms with van der Waals surface area (Å²) in [4.78, 5) is 24.7. The summed E-state index contributed by atoms with van der Waals surface area (Å²) in [6, 6.07) is 7.36. The fourth-order valence-corrected chi connectivity index (χ4v) is 2.20. The molecule has 0 saturated carbocycles. The minimum atomic E-state index is -0.868. The van der Waals surface area contributed by atoms with Crippen LogP contribution in [-0.4, -0.2) is 42.8 Å². The highest BCUT2D eigenvalue weighted by atomic mass is 16.5. The van der Waals surface area contributed by atoms with Crippen LogP contribution in [0.1, 0.15) is 13.3 Å². The highest BCUT2D eigenvalue weighted by molar-refractivity contribution is 6.01. The van der Waals surface area contributed by atoms with E-state index in [4.69, 9.17) is 4.74 Å². The van der Waals surface area contributed by atoms with Gasteiger partial charge < -0.3 is 20.1 Å². The molecule has 0 spiro atoms. The summed E-state index contributed by atoms with van der Waals surface area (Å²) in [5, 5.41) is 12.7. The zero-order valence-electron chi connectivity index (χ0n) is 11.3. The molecule has 0 bridgehead atoms. The third kappa shape index (κ3) is 3.48. The molecule has 2 N–H and O–H groups in total. The van der Waals surface area contributed by atoms with Crippen molar-refractivity contribution in [3.63, 3.8) is 0 Å². The highest BCUT2D eigenvalue weighted by Crippen LogP contribution is 2.28. The minimum Gasteiger partial charge on any atom is -0.466 e. The van der Waals surface area contributed by atoms with Gasteiger partial charge in [-0.15, -0.1) is 0 Å². The number of fused-ring (bicyclic) bond motifs is 1. The summed E-state index contributed by atoms with van der Waals surface area (Å²) in [7, 11) is 0. The smallest absolute Gasteiger partial charge is 0.308 e. The number of ether oxygens (including phenoxy) is 1. The maximum atomic E-state index is 11.6. The second-order valence-electron chi connectivity index (χ2n) is 4.61. The molecular weight excluding hydrogens is 260 g/mol. The molecule has 1 aromatic rings. The normalized spacial score (nSPS) is 15.3. The van der Waals surface area contributed by atoms with Crippen LogP contribution in [0.15, 0.2) is 24.3 Å². The van der Waals surface area contributed by atoms with Crippen LogP contribution in [-0.2, 0) is 14.3 Å². The van der Waals surface area contributed by atoms with Gasteiger partial charge in [-0.3, -0.25) is 9.59 Å². The number of amides is 1. The molecule has 108 valence electrons. The molecule has 6 heteroatoms. The Morgan fingerprint density at radius 2 is 2.25 bits per heavy atom. The second-order valence-corrected chi connectivity index (χ2v) is 4.61. The predicted octanol–water partition coefficient (Wildman–Crippen LogP) is 0.759. The zero-order valence-corrected chi connectivity index (χ0v) is 11.3. The van der Waals surface area contributed by atoms with Gasteiger partial charge in [0, 0.05) is 6.54 Å². The van der Waals surface area contributed by atoms with Gasteiger partial charge in [-0.2, -0.15) is 0 Å². The first-order valence-electron chi connectivity index (χ1n) is 6.57. The van der Waals surface area contributed by atoms with E-state index in [2.05, 4.69) is 5.32 Å². The molecule has 1 aliphatic rings. The van der Waals surface area contributed by atoms with Crippen LogP contribution in [0.3, 0.4) is 0 Å². The average Bonchev–Trinajstić information content (AvgIpc) is 2.38. The van der Waals surface area contributed by atoms with Crippen LogP contribution in [0.5, 0.6) is 0 Å². The van der Waals surface area contributed by atoms with Gasteiger partial charge in [0.2, 0.25) is 5.91 Å². The lowest BCUT2D eigenvalue weighted by atomic mass is 10.1. The number of aliphatic hydroxyl groups excluding tert-OH is 1. The molecule has 0 radical (unpaired) electrons. The Hall–Kier alpha value is -2.08. The summed E-state index contributed by atoms with van der Waals surface area (Å²) in [5.74, 6) is -0.568. The fourth-order valence-electron chi connectivity index (χ4n) is 2.20. The van der Waals surface area contributed by atoms with Gasteiger partial charge in [0.1, 0.15) is 0 Å². The maximum absolute atomic E-state index is 11.6. The number of β-amino-alcohol motifs (C(OH)–C–C–N with tert-alkyl or cyclic N) is 1. The molecule has 0 aromatic heterocycles. The summed E-state index contributed by atoms with van der Waals surface area (Å²) in [5.41, 5.74) is 1.56. The quantitative estimate of drug-likeness (QED) is 0.777. The van der Waals surface area contributed by atoms with Crippen molar-refractivity contribution in [1.29, 1.82) is 0 Å². The van der Waals surface area contributed by atoms with Crippen molar-refractivity contribution in [2.45, 2.75) is 19.4 Å². The molecule has 2 rings (SSSR count). The largest absolute Gasteiger partial charge is 0.466 e. The Bertz CT molecular complexity index is 504. The van der Waals surface area contributed by atoms with Crippen molar-refractivity contribution in [3.8, 4) is 0 Å². The van der Waals surface area contributed by atoms with Gasteiger partial charge in [0.05, 0.1) is 37.1 Å². The number of carbonyl (C=O) groups is 2. The fraction of sp³-hybridized carbons (Fsp3) is 0.429. The molecular formula is C14H18N2O4. The number of para-hydroxylation sites is 2. The molecule has 1 heterocycles. The second kappa shape index (κ2) is 6.38. The number of anilines is 2. The highest BCUT2D eigenvalue weighted by Gasteiger charge is 2.24. The number of hydrogen-bond donors (Lipinski definition) is 2. The monoisotopic (exact) mass is 278 g/mol. The van der Waals surface area contributed by atoms with Crippen LogP contribution in [0, 0.1) is 0 Å². The number of hydrogen-bond acceptors (Lipinski definition) is 5. The SMILES string of the molecule is CCOC(=O)CC(O)CN1CC(=O)Nc2ccccc21. The predicted molar refractivity (Wildman–Crippen MR) is 74.5 cm³/mol. The summed E-state index contributed by atoms with van der Waals surface area (Å²) in [6.45, 7) is 2.39. The van der Waals surface area contributed by atoms with E-state index in [1.165, 1.54) is 0 Å². The summed E-state index contributed by atoms with van der Waals surface area (Å²) in [6.07, 6.45) is -0.943. The summed E-state index contributed by atoms with van der Waals surface area (Å²) >= 11 is 0. The number of benzene rings is 1.